The van der Waals surface area contributed by atoms with E-state index in [1.807, 2.05) is 38.1 Å². The highest BCUT2D eigenvalue weighted by molar-refractivity contribution is 5.73. The van der Waals surface area contributed by atoms with E-state index in [-0.39, 0.29) is 5.92 Å². The normalized spacial score (nSPS) is 14.6. The number of carbonyl (C=O) groups is 1. The van der Waals surface area contributed by atoms with Crippen molar-refractivity contribution < 1.29 is 15.0 Å². The van der Waals surface area contributed by atoms with Crippen molar-refractivity contribution in [2.75, 3.05) is 0 Å². The third-order valence-corrected chi connectivity index (χ3v) is 2.58. The van der Waals surface area contributed by atoms with E-state index >= 15 is 0 Å². The zero-order valence-corrected chi connectivity index (χ0v) is 8.97. The molecule has 1 rings (SSSR count). The van der Waals surface area contributed by atoms with Gasteiger partial charge in [-0.25, -0.2) is 4.79 Å². The SMILES string of the molecule is CCC(c1ccc(C)cc1)C(O)C(=O)O. The summed E-state index contributed by atoms with van der Waals surface area (Å²) in [5, 5.41) is 18.3. The van der Waals surface area contributed by atoms with Crippen molar-refractivity contribution in [3.63, 3.8) is 0 Å². The highest BCUT2D eigenvalue weighted by atomic mass is 16.4. The van der Waals surface area contributed by atoms with Crippen LogP contribution in [-0.2, 0) is 4.79 Å². The molecule has 1 aromatic rings. The molecule has 0 spiro atoms. The molecule has 0 aromatic heterocycles. The summed E-state index contributed by atoms with van der Waals surface area (Å²) in [6, 6.07) is 7.59. The van der Waals surface area contributed by atoms with Gasteiger partial charge in [0, 0.05) is 5.92 Å². The Morgan fingerprint density at radius 2 is 1.87 bits per heavy atom. The number of aliphatic hydroxyl groups excluding tert-OH is 1. The van der Waals surface area contributed by atoms with Gasteiger partial charge in [-0.2, -0.15) is 0 Å². The average molecular weight is 208 g/mol. The molecule has 3 nitrogen and oxygen atoms in total. The lowest BCUT2D eigenvalue weighted by atomic mass is 9.90. The van der Waals surface area contributed by atoms with Crippen LogP contribution in [0.1, 0.15) is 30.4 Å². The van der Waals surface area contributed by atoms with E-state index in [1.165, 1.54) is 0 Å². The molecule has 82 valence electrons. The molecule has 0 aliphatic rings. The van der Waals surface area contributed by atoms with E-state index in [2.05, 4.69) is 0 Å². The molecule has 2 N–H and O–H groups in total. The van der Waals surface area contributed by atoms with Crippen molar-refractivity contribution in [3.05, 3.63) is 35.4 Å². The molecule has 0 amide bonds. The second-order valence-corrected chi connectivity index (χ2v) is 3.71. The molecule has 1 aromatic carbocycles. The van der Waals surface area contributed by atoms with Gasteiger partial charge in [0.15, 0.2) is 6.10 Å². The number of hydrogen-bond acceptors (Lipinski definition) is 2. The van der Waals surface area contributed by atoms with Crippen molar-refractivity contribution in [1.82, 2.24) is 0 Å². The Morgan fingerprint density at radius 1 is 1.33 bits per heavy atom. The third kappa shape index (κ3) is 2.80. The van der Waals surface area contributed by atoms with Gasteiger partial charge in [0.25, 0.3) is 0 Å². The Balaban J connectivity index is 2.92. The molecule has 0 radical (unpaired) electrons. The largest absolute Gasteiger partial charge is 0.479 e. The number of rotatable bonds is 4. The molecule has 2 atom stereocenters. The second-order valence-electron chi connectivity index (χ2n) is 3.71. The van der Waals surface area contributed by atoms with Gasteiger partial charge < -0.3 is 10.2 Å². The molecule has 3 heteroatoms. The van der Waals surface area contributed by atoms with E-state index in [1.54, 1.807) is 0 Å². The van der Waals surface area contributed by atoms with Crippen LogP contribution >= 0.6 is 0 Å². The first-order valence-electron chi connectivity index (χ1n) is 5.03. The number of aliphatic hydroxyl groups is 1. The van der Waals surface area contributed by atoms with Crippen molar-refractivity contribution >= 4 is 5.97 Å². The summed E-state index contributed by atoms with van der Waals surface area (Å²) in [5.41, 5.74) is 2.00. The molecule has 0 aliphatic heterocycles. The van der Waals surface area contributed by atoms with Gasteiger partial charge in [-0.05, 0) is 18.9 Å². The maximum absolute atomic E-state index is 10.7. The summed E-state index contributed by atoms with van der Waals surface area (Å²) in [6.45, 7) is 3.84. The molecular weight excluding hydrogens is 192 g/mol. The Kier molecular flexibility index (Phi) is 3.86. The number of carboxylic acid groups (broad SMARTS) is 1. The van der Waals surface area contributed by atoms with Gasteiger partial charge in [-0.3, -0.25) is 0 Å². The van der Waals surface area contributed by atoms with E-state index in [4.69, 9.17) is 5.11 Å². The standard InChI is InChI=1S/C12H16O3/c1-3-10(11(13)12(14)15)9-6-4-8(2)5-7-9/h4-7,10-11,13H,3H2,1-2H3,(H,14,15). The smallest absolute Gasteiger partial charge is 0.333 e. The number of aliphatic carboxylic acids is 1. The minimum Gasteiger partial charge on any atom is -0.479 e. The van der Waals surface area contributed by atoms with Crippen LogP contribution in [-0.4, -0.2) is 22.3 Å². The summed E-state index contributed by atoms with van der Waals surface area (Å²) >= 11 is 0. The molecular formula is C12H16O3. The lowest BCUT2D eigenvalue weighted by Gasteiger charge is -2.18. The molecule has 0 heterocycles. The predicted octanol–water partition coefficient (Wildman–Crippen LogP) is 1.93. The van der Waals surface area contributed by atoms with E-state index in [0.29, 0.717) is 6.42 Å². The van der Waals surface area contributed by atoms with Gasteiger partial charge in [0.2, 0.25) is 0 Å². The van der Waals surface area contributed by atoms with Crippen molar-refractivity contribution in [2.24, 2.45) is 0 Å². The summed E-state index contributed by atoms with van der Waals surface area (Å²) in [7, 11) is 0. The average Bonchev–Trinajstić information content (AvgIpc) is 2.21. The summed E-state index contributed by atoms with van der Waals surface area (Å²) in [4.78, 5) is 10.7. The predicted molar refractivity (Wildman–Crippen MR) is 57.9 cm³/mol. The minimum atomic E-state index is -1.32. The fourth-order valence-electron chi connectivity index (χ4n) is 1.63. The van der Waals surface area contributed by atoms with E-state index in [0.717, 1.165) is 11.1 Å². The third-order valence-electron chi connectivity index (χ3n) is 2.58. The lowest BCUT2D eigenvalue weighted by Crippen LogP contribution is -2.27. The fourth-order valence-corrected chi connectivity index (χ4v) is 1.63. The van der Waals surface area contributed by atoms with Gasteiger partial charge in [0.1, 0.15) is 0 Å². The Morgan fingerprint density at radius 3 is 2.27 bits per heavy atom. The van der Waals surface area contributed by atoms with Crippen molar-refractivity contribution in [3.8, 4) is 0 Å². The Bertz CT molecular complexity index is 329. The molecule has 0 saturated heterocycles. The first-order chi connectivity index (χ1) is 7.06. The summed E-state index contributed by atoms with van der Waals surface area (Å²) in [6.07, 6.45) is -0.714. The zero-order chi connectivity index (χ0) is 11.4. The van der Waals surface area contributed by atoms with Gasteiger partial charge in [0.05, 0.1) is 0 Å². The van der Waals surface area contributed by atoms with E-state index in [9.17, 15) is 9.90 Å². The summed E-state index contributed by atoms with van der Waals surface area (Å²) < 4.78 is 0. The number of benzene rings is 1. The maximum atomic E-state index is 10.7. The molecule has 0 saturated carbocycles. The van der Waals surface area contributed by atoms with E-state index < -0.39 is 12.1 Å². The topological polar surface area (TPSA) is 57.5 Å². The highest BCUT2D eigenvalue weighted by Crippen LogP contribution is 2.23. The van der Waals surface area contributed by atoms with Crippen LogP contribution in [0.3, 0.4) is 0 Å². The summed E-state index contributed by atoms with van der Waals surface area (Å²) in [5.74, 6) is -1.49. The van der Waals surface area contributed by atoms with Crippen LogP contribution in [0.5, 0.6) is 0 Å². The van der Waals surface area contributed by atoms with Crippen molar-refractivity contribution in [1.29, 1.82) is 0 Å². The Labute approximate surface area is 89.4 Å². The first-order valence-corrected chi connectivity index (χ1v) is 5.03. The molecule has 0 aliphatic carbocycles. The Hall–Kier alpha value is -1.35. The van der Waals surface area contributed by atoms with Gasteiger partial charge >= 0.3 is 5.97 Å². The number of aryl methyl sites for hydroxylation is 1. The molecule has 0 bridgehead atoms. The van der Waals surface area contributed by atoms with Gasteiger partial charge in [-0.1, -0.05) is 36.8 Å². The number of hydrogen-bond donors (Lipinski definition) is 2. The molecule has 0 fully saturated rings. The van der Waals surface area contributed by atoms with Crippen LogP contribution in [0.25, 0.3) is 0 Å². The van der Waals surface area contributed by atoms with Gasteiger partial charge in [-0.15, -0.1) is 0 Å². The zero-order valence-electron chi connectivity index (χ0n) is 8.97. The van der Waals surface area contributed by atoms with Crippen LogP contribution in [0.2, 0.25) is 0 Å². The maximum Gasteiger partial charge on any atom is 0.333 e. The quantitative estimate of drug-likeness (QED) is 0.795. The molecule has 15 heavy (non-hydrogen) atoms. The fraction of sp³-hybridized carbons (Fsp3) is 0.417. The second kappa shape index (κ2) is 4.94. The first kappa shape index (κ1) is 11.7. The minimum absolute atomic E-state index is 0.330. The van der Waals surface area contributed by atoms with Crippen LogP contribution < -0.4 is 0 Å². The van der Waals surface area contributed by atoms with Crippen molar-refractivity contribution in [2.45, 2.75) is 32.3 Å². The highest BCUT2D eigenvalue weighted by Gasteiger charge is 2.25. The lowest BCUT2D eigenvalue weighted by molar-refractivity contribution is -0.147. The van der Waals surface area contributed by atoms with Crippen LogP contribution in [0.4, 0.5) is 0 Å². The monoisotopic (exact) mass is 208 g/mol. The van der Waals surface area contributed by atoms with Crippen LogP contribution in [0.15, 0.2) is 24.3 Å². The molecule has 2 unspecified atom stereocenters. The number of carboxylic acids is 1. The van der Waals surface area contributed by atoms with Crippen LogP contribution in [0, 0.1) is 6.92 Å².